The summed E-state index contributed by atoms with van der Waals surface area (Å²) < 4.78 is 50.7. The highest BCUT2D eigenvalue weighted by molar-refractivity contribution is 8.15. The Bertz CT molecular complexity index is 1050. The second-order valence-corrected chi connectivity index (χ2v) is 10.7. The van der Waals surface area contributed by atoms with Crippen LogP contribution in [0, 0.1) is 5.92 Å². The molecule has 2 aliphatic rings. The topological polar surface area (TPSA) is 81.4 Å². The fourth-order valence-electron chi connectivity index (χ4n) is 4.67. The fraction of sp³-hybridized carbons (Fsp3) is 0.560. The molecular formula is C25H29F3N2O4S. The third kappa shape index (κ3) is 6.46. The molecule has 35 heavy (non-hydrogen) atoms. The summed E-state index contributed by atoms with van der Waals surface area (Å²) in [6.45, 7) is 4.21. The summed E-state index contributed by atoms with van der Waals surface area (Å²) in [5, 5.41) is 1.77. The summed E-state index contributed by atoms with van der Waals surface area (Å²) in [6, 6.07) is 4.78. The summed E-state index contributed by atoms with van der Waals surface area (Å²) in [7, 11) is 0. The molecule has 1 saturated heterocycles. The van der Waals surface area contributed by atoms with Crippen molar-refractivity contribution in [3.8, 4) is 11.5 Å². The molecule has 2 heterocycles. The van der Waals surface area contributed by atoms with Crippen LogP contribution < -0.4 is 5.32 Å². The zero-order valence-corrected chi connectivity index (χ0v) is 20.5. The van der Waals surface area contributed by atoms with E-state index in [1.54, 1.807) is 0 Å². The maximum Gasteiger partial charge on any atom is 0.416 e. The van der Waals surface area contributed by atoms with Crippen molar-refractivity contribution in [2.75, 3.05) is 0 Å². The lowest BCUT2D eigenvalue weighted by atomic mass is 9.84. The Labute approximate surface area is 206 Å². The maximum atomic E-state index is 12.9. The second-order valence-electron chi connectivity index (χ2n) is 9.49. The maximum absolute atomic E-state index is 12.9. The van der Waals surface area contributed by atoms with Crippen LogP contribution in [-0.4, -0.2) is 27.5 Å². The van der Waals surface area contributed by atoms with Gasteiger partial charge in [-0.25, -0.2) is 4.98 Å². The molecule has 6 nitrogen and oxygen atoms in total. The van der Waals surface area contributed by atoms with Crippen LogP contribution in [-0.2, 0) is 22.3 Å². The molecule has 190 valence electrons. The van der Waals surface area contributed by atoms with Crippen molar-refractivity contribution in [2.24, 2.45) is 5.92 Å². The number of oxazole rings is 1. The van der Waals surface area contributed by atoms with Gasteiger partial charge in [0, 0.05) is 11.5 Å². The highest BCUT2D eigenvalue weighted by Gasteiger charge is 2.33. The smallest absolute Gasteiger partial charge is 0.416 e. The minimum atomic E-state index is -4.39. The number of nitrogens with one attached hydrogen (secondary N) is 1. The number of ether oxygens (including phenoxy) is 1. The number of alkyl halides is 3. The van der Waals surface area contributed by atoms with Gasteiger partial charge in [0.15, 0.2) is 0 Å². The molecule has 0 spiro atoms. The summed E-state index contributed by atoms with van der Waals surface area (Å²) in [5.74, 6) is 1.23. The molecule has 1 saturated carbocycles. The van der Waals surface area contributed by atoms with Crippen molar-refractivity contribution >= 4 is 22.9 Å². The van der Waals surface area contributed by atoms with Crippen LogP contribution in [0.25, 0.3) is 11.5 Å². The molecule has 2 fully saturated rings. The third-order valence-electron chi connectivity index (χ3n) is 6.51. The Morgan fingerprint density at radius 2 is 1.91 bits per heavy atom. The van der Waals surface area contributed by atoms with Crippen LogP contribution in [0.5, 0.6) is 0 Å². The summed E-state index contributed by atoms with van der Waals surface area (Å²) in [6.07, 6.45) is 1.15. The van der Waals surface area contributed by atoms with Gasteiger partial charge in [-0.05, 0) is 55.9 Å². The Morgan fingerprint density at radius 3 is 2.54 bits per heavy atom. The fourth-order valence-corrected chi connectivity index (χ4v) is 5.50. The first-order chi connectivity index (χ1) is 16.6. The van der Waals surface area contributed by atoms with Gasteiger partial charge in [0.05, 0.1) is 23.5 Å². The van der Waals surface area contributed by atoms with Gasteiger partial charge in [-0.1, -0.05) is 38.5 Å². The summed E-state index contributed by atoms with van der Waals surface area (Å²) in [5.41, 5.74) is 0.428. The van der Waals surface area contributed by atoms with Crippen LogP contribution in [0.15, 0.2) is 28.7 Å². The van der Waals surface area contributed by atoms with Crippen molar-refractivity contribution in [3.05, 3.63) is 41.3 Å². The molecule has 2 aromatic rings. The molecule has 10 heteroatoms. The number of benzene rings is 1. The van der Waals surface area contributed by atoms with Gasteiger partial charge < -0.3 is 9.15 Å². The monoisotopic (exact) mass is 510 g/mol. The van der Waals surface area contributed by atoms with Crippen molar-refractivity contribution in [2.45, 2.75) is 82.4 Å². The number of halogens is 3. The van der Waals surface area contributed by atoms with E-state index in [-0.39, 0.29) is 40.9 Å². The average molecular weight is 511 g/mol. The van der Waals surface area contributed by atoms with E-state index in [4.69, 9.17) is 9.15 Å². The van der Waals surface area contributed by atoms with Crippen LogP contribution in [0.3, 0.4) is 0 Å². The van der Waals surface area contributed by atoms with E-state index in [0.29, 0.717) is 29.4 Å². The zero-order chi connectivity index (χ0) is 25.2. The normalized spacial score (nSPS) is 23.2. The predicted molar refractivity (Wildman–Crippen MR) is 126 cm³/mol. The van der Waals surface area contributed by atoms with Gasteiger partial charge in [0.1, 0.15) is 11.5 Å². The first-order valence-corrected chi connectivity index (χ1v) is 12.8. The number of imide groups is 1. The number of hydrogen-bond acceptors (Lipinski definition) is 6. The first-order valence-electron chi connectivity index (χ1n) is 11.9. The van der Waals surface area contributed by atoms with E-state index in [1.807, 2.05) is 13.8 Å². The van der Waals surface area contributed by atoms with E-state index in [1.165, 1.54) is 12.1 Å². The van der Waals surface area contributed by atoms with Crippen LogP contribution in [0.1, 0.15) is 75.3 Å². The number of amides is 2. The van der Waals surface area contributed by atoms with E-state index in [9.17, 15) is 22.8 Å². The van der Waals surface area contributed by atoms with Crippen molar-refractivity contribution in [1.29, 1.82) is 0 Å². The average Bonchev–Trinajstić information content (AvgIpc) is 3.38. The number of thioether (sulfide) groups is 1. The Balaban J connectivity index is 1.36. The lowest BCUT2D eigenvalue weighted by molar-refractivity contribution is -0.137. The Morgan fingerprint density at radius 1 is 1.17 bits per heavy atom. The van der Waals surface area contributed by atoms with E-state index in [0.717, 1.165) is 56.0 Å². The molecule has 4 rings (SSSR count). The first kappa shape index (κ1) is 25.8. The number of nitrogens with zero attached hydrogens (tertiary/aromatic N) is 1. The molecule has 1 aliphatic heterocycles. The molecule has 1 aliphatic carbocycles. The SMILES string of the molecule is CC(C)c1oc(-c2ccc(C(F)(F)F)cc2)nc1CO[C@H]1CCC[C@@H](CCC2SC(=O)NC2=O)C1. The minimum Gasteiger partial charge on any atom is -0.441 e. The zero-order valence-electron chi connectivity index (χ0n) is 19.7. The largest absolute Gasteiger partial charge is 0.441 e. The second kappa shape index (κ2) is 10.7. The number of aromatic nitrogens is 1. The molecule has 0 bridgehead atoms. The lowest BCUT2D eigenvalue weighted by Gasteiger charge is -2.29. The van der Waals surface area contributed by atoms with Gasteiger partial charge in [-0.2, -0.15) is 13.2 Å². The van der Waals surface area contributed by atoms with E-state index < -0.39 is 11.7 Å². The van der Waals surface area contributed by atoms with Gasteiger partial charge in [-0.15, -0.1) is 0 Å². The standard InChI is InChI=1S/C25H29F3N2O4S/c1-14(2)21-19(29-23(34-21)16-7-9-17(10-8-16)25(26,27)28)13-33-18-5-3-4-15(12-18)6-11-20-22(31)30-24(32)35-20/h7-10,14-15,18,20H,3-6,11-13H2,1-2H3,(H,30,31,32)/t15-,18-,20?/m0/s1. The van der Waals surface area contributed by atoms with Crippen LogP contribution in [0.4, 0.5) is 18.0 Å². The van der Waals surface area contributed by atoms with Crippen molar-refractivity contribution in [1.82, 2.24) is 10.3 Å². The molecule has 1 aromatic heterocycles. The van der Waals surface area contributed by atoms with Gasteiger partial charge in [0.2, 0.25) is 11.8 Å². The van der Waals surface area contributed by atoms with Crippen LogP contribution in [0.2, 0.25) is 0 Å². The minimum absolute atomic E-state index is 0.0428. The highest BCUT2D eigenvalue weighted by atomic mass is 32.2. The third-order valence-corrected chi connectivity index (χ3v) is 7.56. The molecule has 2 amide bonds. The van der Waals surface area contributed by atoms with E-state index >= 15 is 0 Å². The summed E-state index contributed by atoms with van der Waals surface area (Å²) >= 11 is 1.07. The number of hydrogen-bond donors (Lipinski definition) is 1. The van der Waals surface area contributed by atoms with E-state index in [2.05, 4.69) is 10.3 Å². The number of carbonyl (C=O) groups is 2. The molecule has 1 unspecified atom stereocenters. The summed E-state index contributed by atoms with van der Waals surface area (Å²) in [4.78, 5) is 27.7. The number of rotatable bonds is 8. The Kier molecular flexibility index (Phi) is 7.90. The Hall–Kier alpha value is -2.33. The number of carbonyl (C=O) groups excluding carboxylic acids is 2. The predicted octanol–water partition coefficient (Wildman–Crippen LogP) is 6.69. The lowest BCUT2D eigenvalue weighted by Crippen LogP contribution is -2.26. The van der Waals surface area contributed by atoms with Gasteiger partial charge in [-0.3, -0.25) is 14.9 Å². The highest BCUT2D eigenvalue weighted by Crippen LogP contribution is 2.35. The molecule has 0 radical (unpaired) electrons. The van der Waals surface area contributed by atoms with Crippen molar-refractivity contribution < 1.29 is 31.9 Å². The van der Waals surface area contributed by atoms with Crippen LogP contribution >= 0.6 is 11.8 Å². The van der Waals surface area contributed by atoms with Crippen molar-refractivity contribution in [3.63, 3.8) is 0 Å². The van der Waals surface area contributed by atoms with Gasteiger partial charge >= 0.3 is 6.18 Å². The molecule has 3 atom stereocenters. The van der Waals surface area contributed by atoms with Gasteiger partial charge in [0.25, 0.3) is 5.24 Å². The quantitative estimate of drug-likeness (QED) is 0.426. The molecule has 1 aromatic carbocycles. The molecular weight excluding hydrogens is 481 g/mol. The molecule has 1 N–H and O–H groups in total.